The van der Waals surface area contributed by atoms with Gasteiger partial charge in [0.15, 0.2) is 0 Å². The highest BCUT2D eigenvalue weighted by atomic mass is 16.1. The number of rotatable bonds is 1. The summed E-state index contributed by atoms with van der Waals surface area (Å²) >= 11 is 0. The lowest BCUT2D eigenvalue weighted by Crippen LogP contribution is -2.15. The minimum Gasteiger partial charge on any atom is -0.346 e. The molecule has 0 spiro atoms. The lowest BCUT2D eigenvalue weighted by molar-refractivity contribution is 0.997. The van der Waals surface area contributed by atoms with Crippen molar-refractivity contribution in [1.82, 2.24) is 14.5 Å². The minimum absolute atomic E-state index is 0.0452. The van der Waals surface area contributed by atoms with Crippen molar-refractivity contribution in [2.45, 2.75) is 0 Å². The molecule has 0 unspecified atom stereocenters. The molecule has 0 aliphatic carbocycles. The van der Waals surface area contributed by atoms with Crippen LogP contribution in [0.4, 0.5) is 0 Å². The van der Waals surface area contributed by atoms with Crippen molar-refractivity contribution in [3.63, 3.8) is 0 Å². The number of aromatic nitrogens is 3. The summed E-state index contributed by atoms with van der Waals surface area (Å²) in [5.74, 6) is 0. The first-order valence-electron chi connectivity index (χ1n) is 4.96. The number of hydrogen-bond acceptors (Lipinski definition) is 2. The van der Waals surface area contributed by atoms with Crippen molar-refractivity contribution in [2.24, 2.45) is 0 Å². The van der Waals surface area contributed by atoms with Gasteiger partial charge < -0.3 is 4.98 Å². The van der Waals surface area contributed by atoms with Gasteiger partial charge in [-0.05, 0) is 18.2 Å². The molecule has 0 aliphatic heterocycles. The highest BCUT2D eigenvalue weighted by Gasteiger charge is 2.04. The average Bonchev–Trinajstić information content (AvgIpc) is 2.77. The number of hydrogen-bond donors (Lipinski definition) is 1. The average molecular weight is 211 g/mol. The van der Waals surface area contributed by atoms with Crippen molar-refractivity contribution < 1.29 is 0 Å². The molecule has 0 fully saturated rings. The molecule has 0 atom stereocenters. The summed E-state index contributed by atoms with van der Waals surface area (Å²) in [5.41, 5.74) is 1.58. The first-order chi connectivity index (χ1) is 7.86. The molecule has 4 heteroatoms. The van der Waals surface area contributed by atoms with Crippen LogP contribution in [0.2, 0.25) is 0 Å². The maximum atomic E-state index is 11.7. The minimum atomic E-state index is -0.0452. The summed E-state index contributed by atoms with van der Waals surface area (Å²) in [5, 5.41) is 0.941. The molecule has 0 saturated carbocycles. The monoisotopic (exact) mass is 211 g/mol. The molecule has 3 aromatic heterocycles. The van der Waals surface area contributed by atoms with Gasteiger partial charge in [-0.2, -0.15) is 0 Å². The smallest absolute Gasteiger partial charge is 0.255 e. The van der Waals surface area contributed by atoms with E-state index in [2.05, 4.69) is 9.97 Å². The van der Waals surface area contributed by atoms with Gasteiger partial charge in [-0.25, -0.2) is 4.98 Å². The van der Waals surface area contributed by atoms with Crippen LogP contribution in [0.25, 0.3) is 16.7 Å². The molecule has 3 aromatic rings. The van der Waals surface area contributed by atoms with E-state index in [4.69, 9.17) is 0 Å². The Kier molecular flexibility index (Phi) is 1.86. The molecule has 0 aliphatic rings. The molecule has 0 bridgehead atoms. The standard InChI is InChI=1S/C12H9N3O/c16-11-3-1-2-8-15(11)10-5-7-14-12-9(10)4-6-13-12/h1-8H,(H,13,14). The second kappa shape index (κ2) is 3.34. The fraction of sp³-hybridized carbons (Fsp3) is 0. The molecule has 0 amide bonds. The summed E-state index contributed by atoms with van der Waals surface area (Å²) in [7, 11) is 0. The van der Waals surface area contributed by atoms with Gasteiger partial charge in [-0.15, -0.1) is 0 Å². The lowest BCUT2D eigenvalue weighted by atomic mass is 10.3. The zero-order valence-corrected chi connectivity index (χ0v) is 8.42. The number of aromatic amines is 1. The van der Waals surface area contributed by atoms with Crippen molar-refractivity contribution in [3.8, 4) is 5.69 Å². The molecular formula is C12H9N3O. The molecular weight excluding hydrogens is 202 g/mol. The van der Waals surface area contributed by atoms with Gasteiger partial charge >= 0.3 is 0 Å². The van der Waals surface area contributed by atoms with Crippen LogP contribution in [-0.2, 0) is 0 Å². The van der Waals surface area contributed by atoms with E-state index in [-0.39, 0.29) is 5.56 Å². The van der Waals surface area contributed by atoms with Crippen molar-refractivity contribution in [2.75, 3.05) is 0 Å². The first kappa shape index (κ1) is 8.91. The van der Waals surface area contributed by atoms with Gasteiger partial charge in [0.2, 0.25) is 0 Å². The van der Waals surface area contributed by atoms with Crippen LogP contribution in [-0.4, -0.2) is 14.5 Å². The Hall–Kier alpha value is -2.36. The van der Waals surface area contributed by atoms with E-state index in [0.717, 1.165) is 16.7 Å². The van der Waals surface area contributed by atoms with Gasteiger partial charge in [-0.1, -0.05) is 6.07 Å². The maximum absolute atomic E-state index is 11.7. The number of H-pyrrole nitrogens is 1. The molecule has 3 rings (SSSR count). The van der Waals surface area contributed by atoms with Gasteiger partial charge in [0.05, 0.1) is 5.69 Å². The lowest BCUT2D eigenvalue weighted by Gasteiger charge is -2.05. The maximum Gasteiger partial charge on any atom is 0.255 e. The molecule has 3 heterocycles. The zero-order valence-electron chi connectivity index (χ0n) is 8.42. The number of nitrogens with zero attached hydrogens (tertiary/aromatic N) is 2. The number of nitrogens with one attached hydrogen (secondary N) is 1. The third-order valence-corrected chi connectivity index (χ3v) is 2.52. The van der Waals surface area contributed by atoms with Crippen LogP contribution in [0.15, 0.2) is 53.7 Å². The topological polar surface area (TPSA) is 50.7 Å². The molecule has 0 radical (unpaired) electrons. The van der Waals surface area contributed by atoms with Gasteiger partial charge in [0.1, 0.15) is 5.65 Å². The predicted molar refractivity (Wildman–Crippen MR) is 61.7 cm³/mol. The van der Waals surface area contributed by atoms with E-state index < -0.39 is 0 Å². The quantitative estimate of drug-likeness (QED) is 0.666. The summed E-state index contributed by atoms with van der Waals surface area (Å²) in [4.78, 5) is 18.9. The summed E-state index contributed by atoms with van der Waals surface area (Å²) in [6.45, 7) is 0. The van der Waals surface area contributed by atoms with Crippen LogP contribution in [0.5, 0.6) is 0 Å². The van der Waals surface area contributed by atoms with E-state index in [0.29, 0.717) is 0 Å². The third kappa shape index (κ3) is 1.24. The predicted octanol–water partition coefficient (Wildman–Crippen LogP) is 1.71. The van der Waals surface area contributed by atoms with Gasteiger partial charge in [0.25, 0.3) is 5.56 Å². The zero-order chi connectivity index (χ0) is 11.0. The fourth-order valence-electron chi connectivity index (χ4n) is 1.78. The number of fused-ring (bicyclic) bond motifs is 1. The van der Waals surface area contributed by atoms with E-state index in [1.165, 1.54) is 0 Å². The van der Waals surface area contributed by atoms with Crippen LogP contribution in [0.3, 0.4) is 0 Å². The van der Waals surface area contributed by atoms with E-state index in [1.54, 1.807) is 29.1 Å². The van der Waals surface area contributed by atoms with Crippen LogP contribution in [0.1, 0.15) is 0 Å². The fourth-order valence-corrected chi connectivity index (χ4v) is 1.78. The Morgan fingerprint density at radius 3 is 3.00 bits per heavy atom. The van der Waals surface area contributed by atoms with Crippen molar-refractivity contribution >= 4 is 11.0 Å². The van der Waals surface area contributed by atoms with Crippen LogP contribution in [0, 0.1) is 0 Å². The Labute approximate surface area is 91.2 Å². The Bertz CT molecular complexity index is 696. The SMILES string of the molecule is O=c1ccccn1-c1ccnc2[nH]ccc12. The van der Waals surface area contributed by atoms with Crippen LogP contribution < -0.4 is 5.56 Å². The molecule has 0 aromatic carbocycles. The molecule has 1 N–H and O–H groups in total. The Balaban J connectivity index is 2.39. The summed E-state index contributed by atoms with van der Waals surface area (Å²) < 4.78 is 1.61. The third-order valence-electron chi connectivity index (χ3n) is 2.52. The molecule has 4 nitrogen and oxygen atoms in total. The van der Waals surface area contributed by atoms with E-state index in [9.17, 15) is 4.79 Å². The first-order valence-corrected chi connectivity index (χ1v) is 4.96. The second-order valence-electron chi connectivity index (χ2n) is 3.48. The Morgan fingerprint density at radius 1 is 1.19 bits per heavy atom. The van der Waals surface area contributed by atoms with Crippen LogP contribution >= 0.6 is 0 Å². The normalized spacial score (nSPS) is 10.8. The Morgan fingerprint density at radius 2 is 2.12 bits per heavy atom. The van der Waals surface area contributed by atoms with Gasteiger partial charge in [-0.3, -0.25) is 9.36 Å². The van der Waals surface area contributed by atoms with Crippen molar-refractivity contribution in [3.05, 3.63) is 59.3 Å². The molecule has 0 saturated heterocycles. The number of pyridine rings is 2. The van der Waals surface area contributed by atoms with E-state index >= 15 is 0 Å². The highest BCUT2D eigenvalue weighted by molar-refractivity contribution is 5.84. The highest BCUT2D eigenvalue weighted by Crippen LogP contribution is 2.17. The summed E-state index contributed by atoms with van der Waals surface area (Å²) in [6, 6.07) is 8.85. The molecule has 16 heavy (non-hydrogen) atoms. The van der Waals surface area contributed by atoms with Gasteiger partial charge in [0, 0.05) is 30.0 Å². The largest absolute Gasteiger partial charge is 0.346 e. The summed E-state index contributed by atoms with van der Waals surface area (Å²) in [6.07, 6.45) is 5.26. The molecule has 78 valence electrons. The van der Waals surface area contributed by atoms with Crippen molar-refractivity contribution in [1.29, 1.82) is 0 Å². The second-order valence-corrected chi connectivity index (χ2v) is 3.48. The van der Waals surface area contributed by atoms with E-state index in [1.807, 2.05) is 24.4 Å².